The van der Waals surface area contributed by atoms with Crippen LogP contribution in [0.15, 0.2) is 29.2 Å². The monoisotopic (exact) mass is 370 g/mol. The van der Waals surface area contributed by atoms with Crippen LogP contribution < -0.4 is 21.5 Å². The topological polar surface area (TPSA) is 144 Å². The van der Waals surface area contributed by atoms with Crippen molar-refractivity contribution < 1.29 is 18.0 Å². The molecule has 0 saturated heterocycles. The molecule has 0 bridgehead atoms. The van der Waals surface area contributed by atoms with Crippen molar-refractivity contribution in [2.75, 3.05) is 5.32 Å². The molecule has 9 heteroatoms. The van der Waals surface area contributed by atoms with Crippen LogP contribution in [0.5, 0.6) is 0 Å². The Morgan fingerprint density at radius 3 is 1.88 bits per heavy atom. The van der Waals surface area contributed by atoms with Crippen LogP contribution in [-0.4, -0.2) is 32.3 Å². The normalized spacial score (nSPS) is 14.2. The first-order valence-corrected chi connectivity index (χ1v) is 9.47. The molecule has 1 aromatic carbocycles. The largest absolute Gasteiger partial charge is 0.343 e. The van der Waals surface area contributed by atoms with E-state index in [1.165, 1.54) is 24.3 Å². The van der Waals surface area contributed by atoms with E-state index in [0.29, 0.717) is 5.69 Å². The molecule has 2 atom stereocenters. The zero-order valence-electron chi connectivity index (χ0n) is 14.8. The molecule has 0 aliphatic rings. The molecule has 0 heterocycles. The third-order valence-corrected chi connectivity index (χ3v) is 4.65. The fourth-order valence-electron chi connectivity index (χ4n) is 2.04. The Morgan fingerprint density at radius 1 is 0.960 bits per heavy atom. The van der Waals surface area contributed by atoms with Crippen LogP contribution in [0.25, 0.3) is 0 Å². The number of hydrogen-bond donors (Lipinski definition) is 4. The molecule has 6 N–H and O–H groups in total. The maximum Gasteiger partial charge on any atom is 0.247 e. The van der Waals surface area contributed by atoms with Crippen LogP contribution in [0.3, 0.4) is 0 Å². The number of benzene rings is 1. The minimum Gasteiger partial charge on any atom is -0.343 e. The van der Waals surface area contributed by atoms with Gasteiger partial charge in [0.2, 0.25) is 21.8 Å². The lowest BCUT2D eigenvalue weighted by atomic mass is 10.0. The van der Waals surface area contributed by atoms with Crippen LogP contribution in [-0.2, 0) is 19.6 Å². The second-order valence-corrected chi connectivity index (χ2v) is 8.12. The van der Waals surface area contributed by atoms with E-state index >= 15 is 0 Å². The van der Waals surface area contributed by atoms with Crippen LogP contribution in [0.4, 0.5) is 5.69 Å². The van der Waals surface area contributed by atoms with Crippen LogP contribution in [0, 0.1) is 11.8 Å². The molecule has 0 aromatic heterocycles. The Bertz CT molecular complexity index is 714. The molecule has 2 amide bonds. The van der Waals surface area contributed by atoms with Crippen molar-refractivity contribution in [2.24, 2.45) is 22.7 Å². The van der Waals surface area contributed by atoms with Crippen LogP contribution in [0.1, 0.15) is 27.7 Å². The summed E-state index contributed by atoms with van der Waals surface area (Å²) in [5, 5.41) is 10.3. The van der Waals surface area contributed by atoms with Crippen molar-refractivity contribution in [3.8, 4) is 0 Å². The summed E-state index contributed by atoms with van der Waals surface area (Å²) in [5.41, 5.74) is 6.20. The number of rotatable bonds is 7. The maximum atomic E-state index is 12.5. The van der Waals surface area contributed by atoms with Crippen molar-refractivity contribution in [1.29, 1.82) is 0 Å². The van der Waals surface area contributed by atoms with Crippen molar-refractivity contribution in [2.45, 2.75) is 44.7 Å². The van der Waals surface area contributed by atoms with Gasteiger partial charge in [-0.25, -0.2) is 13.6 Å². The average molecular weight is 370 g/mol. The lowest BCUT2D eigenvalue weighted by Gasteiger charge is -2.24. The maximum absolute atomic E-state index is 12.5. The summed E-state index contributed by atoms with van der Waals surface area (Å²) in [4.78, 5) is 24.5. The van der Waals surface area contributed by atoms with E-state index in [9.17, 15) is 18.0 Å². The first kappa shape index (κ1) is 21.1. The summed E-state index contributed by atoms with van der Waals surface area (Å²) < 4.78 is 22.5. The van der Waals surface area contributed by atoms with Gasteiger partial charge in [0.05, 0.1) is 10.9 Å². The number of carbonyl (C=O) groups is 2. The van der Waals surface area contributed by atoms with Crippen LogP contribution in [0.2, 0.25) is 0 Å². The highest BCUT2D eigenvalue weighted by atomic mass is 32.2. The molecule has 0 saturated carbocycles. The van der Waals surface area contributed by atoms with Gasteiger partial charge in [-0.1, -0.05) is 27.7 Å². The summed E-state index contributed by atoms with van der Waals surface area (Å²) in [6.07, 6.45) is 0. The highest BCUT2D eigenvalue weighted by molar-refractivity contribution is 7.89. The Kier molecular flexibility index (Phi) is 7.09. The van der Waals surface area contributed by atoms with Crippen LogP contribution >= 0.6 is 0 Å². The van der Waals surface area contributed by atoms with E-state index in [4.69, 9.17) is 10.9 Å². The molecule has 0 aliphatic heterocycles. The molecule has 140 valence electrons. The van der Waals surface area contributed by atoms with E-state index in [0.717, 1.165) is 0 Å². The second-order valence-electron chi connectivity index (χ2n) is 6.56. The fraction of sp³-hybridized carbons (Fsp3) is 0.500. The SMILES string of the molecule is CC(C)[C@H](NC(=O)[C@H](N)C(C)C)C(=O)Nc1ccc(S(N)(=O)=O)cc1. The van der Waals surface area contributed by atoms with Gasteiger partial charge in [0.25, 0.3) is 0 Å². The van der Waals surface area contributed by atoms with Gasteiger partial charge in [0.1, 0.15) is 6.04 Å². The lowest BCUT2D eigenvalue weighted by Crippen LogP contribution is -2.53. The number of hydrogen-bond acceptors (Lipinski definition) is 5. The smallest absolute Gasteiger partial charge is 0.247 e. The quantitative estimate of drug-likeness (QED) is 0.549. The number of anilines is 1. The third-order valence-electron chi connectivity index (χ3n) is 3.72. The molecular weight excluding hydrogens is 344 g/mol. The fourth-order valence-corrected chi connectivity index (χ4v) is 2.55. The van der Waals surface area contributed by atoms with Gasteiger partial charge in [-0.3, -0.25) is 9.59 Å². The summed E-state index contributed by atoms with van der Waals surface area (Å²) in [5.74, 6) is -1.02. The van der Waals surface area contributed by atoms with E-state index in [1.54, 1.807) is 13.8 Å². The van der Waals surface area contributed by atoms with E-state index < -0.39 is 33.9 Å². The molecule has 1 aromatic rings. The molecule has 0 aliphatic carbocycles. The summed E-state index contributed by atoms with van der Waals surface area (Å²) in [7, 11) is -3.80. The van der Waals surface area contributed by atoms with Gasteiger partial charge >= 0.3 is 0 Å². The molecule has 25 heavy (non-hydrogen) atoms. The van der Waals surface area contributed by atoms with Crippen molar-refractivity contribution in [3.05, 3.63) is 24.3 Å². The minimum absolute atomic E-state index is 0.0536. The number of primary sulfonamides is 1. The molecule has 0 unspecified atom stereocenters. The summed E-state index contributed by atoms with van der Waals surface area (Å²) in [6, 6.07) is 3.97. The first-order valence-electron chi connectivity index (χ1n) is 7.93. The predicted molar refractivity (Wildman–Crippen MR) is 96.0 cm³/mol. The number of sulfonamides is 1. The van der Waals surface area contributed by atoms with Crippen molar-refractivity contribution in [3.63, 3.8) is 0 Å². The highest BCUT2D eigenvalue weighted by Crippen LogP contribution is 2.14. The average Bonchev–Trinajstić information content (AvgIpc) is 2.50. The van der Waals surface area contributed by atoms with Gasteiger partial charge in [0, 0.05) is 5.69 Å². The molecule has 0 fully saturated rings. The van der Waals surface area contributed by atoms with Gasteiger partial charge in [-0.2, -0.15) is 0 Å². The highest BCUT2D eigenvalue weighted by Gasteiger charge is 2.27. The van der Waals surface area contributed by atoms with Crippen molar-refractivity contribution in [1.82, 2.24) is 5.32 Å². The Hall–Kier alpha value is -1.97. The Balaban J connectivity index is 2.85. The molecule has 8 nitrogen and oxygen atoms in total. The third kappa shape index (κ3) is 6.11. The molecule has 0 radical (unpaired) electrons. The Labute approximate surface area is 148 Å². The number of carbonyl (C=O) groups excluding carboxylic acids is 2. The molecular formula is C16H26N4O4S. The number of amides is 2. The van der Waals surface area contributed by atoms with Gasteiger partial charge in [-0.15, -0.1) is 0 Å². The first-order chi connectivity index (χ1) is 11.4. The number of nitrogens with two attached hydrogens (primary N) is 2. The Morgan fingerprint density at radius 2 is 1.48 bits per heavy atom. The summed E-state index contributed by atoms with van der Waals surface area (Å²) >= 11 is 0. The summed E-state index contributed by atoms with van der Waals surface area (Å²) in [6.45, 7) is 7.24. The van der Waals surface area contributed by atoms with Gasteiger partial charge in [-0.05, 0) is 36.1 Å². The lowest BCUT2D eigenvalue weighted by molar-refractivity contribution is -0.128. The number of nitrogens with one attached hydrogen (secondary N) is 2. The van der Waals surface area contributed by atoms with Crippen molar-refractivity contribution >= 4 is 27.5 Å². The zero-order chi connectivity index (χ0) is 19.4. The minimum atomic E-state index is -3.80. The predicted octanol–water partition coefficient (Wildman–Crippen LogP) is 0.397. The van der Waals surface area contributed by atoms with Gasteiger partial charge < -0.3 is 16.4 Å². The molecule has 1 rings (SSSR count). The zero-order valence-corrected chi connectivity index (χ0v) is 15.6. The van der Waals surface area contributed by atoms with Gasteiger partial charge in [0.15, 0.2) is 0 Å². The standard InChI is InChI=1S/C16H26N4O4S/c1-9(2)13(17)15(21)20-14(10(3)4)16(22)19-11-5-7-12(8-6-11)25(18,23)24/h5-10,13-14H,17H2,1-4H3,(H,19,22)(H,20,21)(H2,18,23,24)/t13-,14+/m1/s1. The second kappa shape index (κ2) is 8.41. The van der Waals surface area contributed by atoms with E-state index in [2.05, 4.69) is 10.6 Å². The van der Waals surface area contributed by atoms with E-state index in [1.807, 2.05) is 13.8 Å². The van der Waals surface area contributed by atoms with E-state index in [-0.39, 0.29) is 16.7 Å². The molecule has 0 spiro atoms.